The Bertz CT molecular complexity index is 749. The number of rotatable bonds is 3. The quantitative estimate of drug-likeness (QED) is 0.849. The summed E-state index contributed by atoms with van der Waals surface area (Å²) in [6.45, 7) is 3.34. The molecule has 0 spiro atoms. The summed E-state index contributed by atoms with van der Waals surface area (Å²) in [6.07, 6.45) is 0. The van der Waals surface area contributed by atoms with Crippen molar-refractivity contribution in [3.8, 4) is 0 Å². The van der Waals surface area contributed by atoms with Crippen LogP contribution in [0.4, 0.5) is 14.5 Å². The van der Waals surface area contributed by atoms with E-state index in [9.17, 15) is 13.6 Å². The summed E-state index contributed by atoms with van der Waals surface area (Å²) in [6, 6.07) is 11.0. The minimum absolute atomic E-state index is 0. The van der Waals surface area contributed by atoms with Gasteiger partial charge in [0.25, 0.3) is 5.91 Å². The Balaban J connectivity index is 0.00000225. The van der Waals surface area contributed by atoms with E-state index in [-0.39, 0.29) is 23.9 Å². The zero-order valence-electron chi connectivity index (χ0n) is 13.6. The fourth-order valence-electron chi connectivity index (χ4n) is 2.87. The van der Waals surface area contributed by atoms with Crippen molar-refractivity contribution in [2.45, 2.75) is 6.54 Å². The van der Waals surface area contributed by atoms with Crippen LogP contribution < -0.4 is 5.73 Å². The first kappa shape index (κ1) is 19.1. The highest BCUT2D eigenvalue weighted by atomic mass is 35.5. The first-order chi connectivity index (χ1) is 11.5. The molecule has 0 radical (unpaired) electrons. The number of hydrogen-bond donors (Lipinski definition) is 1. The molecule has 1 heterocycles. The van der Waals surface area contributed by atoms with Crippen LogP contribution in [-0.2, 0) is 6.54 Å². The Hall–Kier alpha value is -2.18. The first-order valence-corrected chi connectivity index (χ1v) is 7.84. The number of benzene rings is 2. The van der Waals surface area contributed by atoms with E-state index in [2.05, 4.69) is 4.90 Å². The predicted octanol–water partition coefficient (Wildman–Crippen LogP) is 2.93. The summed E-state index contributed by atoms with van der Waals surface area (Å²) < 4.78 is 26.3. The van der Waals surface area contributed by atoms with Crippen molar-refractivity contribution in [2.24, 2.45) is 0 Å². The molecule has 0 aromatic heterocycles. The Morgan fingerprint density at radius 2 is 1.72 bits per heavy atom. The number of nitrogens with two attached hydrogens (primary N) is 1. The molecule has 4 nitrogen and oxygen atoms in total. The molecule has 0 atom stereocenters. The summed E-state index contributed by atoms with van der Waals surface area (Å²) in [5, 5.41) is 0. The molecule has 2 N–H and O–H groups in total. The monoisotopic (exact) mass is 367 g/mol. The topological polar surface area (TPSA) is 49.6 Å². The van der Waals surface area contributed by atoms with Crippen molar-refractivity contribution >= 4 is 24.0 Å². The van der Waals surface area contributed by atoms with Crippen molar-refractivity contribution in [1.29, 1.82) is 0 Å². The van der Waals surface area contributed by atoms with Gasteiger partial charge in [-0.25, -0.2) is 8.78 Å². The van der Waals surface area contributed by atoms with E-state index in [0.29, 0.717) is 13.1 Å². The van der Waals surface area contributed by atoms with E-state index in [1.165, 1.54) is 6.07 Å². The number of nitrogen functional groups attached to an aromatic ring is 1. The van der Waals surface area contributed by atoms with Crippen LogP contribution >= 0.6 is 12.4 Å². The highest BCUT2D eigenvalue weighted by molar-refractivity contribution is 5.94. The Morgan fingerprint density at radius 3 is 2.36 bits per heavy atom. The minimum atomic E-state index is -0.999. The molecule has 0 bridgehead atoms. The van der Waals surface area contributed by atoms with Gasteiger partial charge in [0.15, 0.2) is 11.6 Å². The van der Waals surface area contributed by atoms with Gasteiger partial charge in [-0.15, -0.1) is 12.4 Å². The molecule has 2 aromatic carbocycles. The fraction of sp³-hybridized carbons (Fsp3) is 0.278. The summed E-state index contributed by atoms with van der Waals surface area (Å²) in [7, 11) is 0. The second-order valence-corrected chi connectivity index (χ2v) is 5.94. The zero-order chi connectivity index (χ0) is 17.1. The number of carbonyl (C=O) groups excluding carboxylic acids is 1. The van der Waals surface area contributed by atoms with E-state index in [1.54, 1.807) is 4.90 Å². The smallest absolute Gasteiger partial charge is 0.254 e. The third-order valence-corrected chi connectivity index (χ3v) is 4.18. The van der Waals surface area contributed by atoms with Gasteiger partial charge in [0, 0.05) is 44.0 Å². The van der Waals surface area contributed by atoms with Gasteiger partial charge in [-0.1, -0.05) is 12.1 Å². The molecule has 25 heavy (non-hydrogen) atoms. The second-order valence-electron chi connectivity index (χ2n) is 5.94. The van der Waals surface area contributed by atoms with Gasteiger partial charge < -0.3 is 10.6 Å². The molecular weight excluding hydrogens is 348 g/mol. The van der Waals surface area contributed by atoms with Gasteiger partial charge in [0.05, 0.1) is 0 Å². The van der Waals surface area contributed by atoms with Crippen LogP contribution in [0.2, 0.25) is 0 Å². The molecule has 134 valence electrons. The number of nitrogens with zero attached hydrogens (tertiary/aromatic N) is 2. The van der Waals surface area contributed by atoms with Crippen LogP contribution in [0.1, 0.15) is 15.9 Å². The van der Waals surface area contributed by atoms with Crippen LogP contribution in [0.5, 0.6) is 0 Å². The number of amides is 1. The standard InChI is InChI=1S/C18H19F2N3O.ClH/c19-16-5-4-14(11-17(16)20)18(24)23-8-6-22(7-9-23)12-13-2-1-3-15(21)10-13;/h1-5,10-11H,6-9,12,21H2;1H. The van der Waals surface area contributed by atoms with Gasteiger partial charge in [0.2, 0.25) is 0 Å². The second kappa shape index (κ2) is 8.27. The van der Waals surface area contributed by atoms with Gasteiger partial charge in [-0.3, -0.25) is 9.69 Å². The highest BCUT2D eigenvalue weighted by Crippen LogP contribution is 2.15. The summed E-state index contributed by atoms with van der Waals surface area (Å²) in [5.41, 5.74) is 7.83. The molecule has 0 saturated carbocycles. The first-order valence-electron chi connectivity index (χ1n) is 7.84. The van der Waals surface area contributed by atoms with Crippen LogP contribution in [0.15, 0.2) is 42.5 Å². The van der Waals surface area contributed by atoms with Crippen molar-refractivity contribution in [3.63, 3.8) is 0 Å². The van der Waals surface area contributed by atoms with E-state index in [1.807, 2.05) is 24.3 Å². The lowest BCUT2D eigenvalue weighted by atomic mass is 10.1. The van der Waals surface area contributed by atoms with Crippen molar-refractivity contribution in [3.05, 3.63) is 65.2 Å². The third kappa shape index (κ3) is 4.67. The summed E-state index contributed by atoms with van der Waals surface area (Å²) >= 11 is 0. The molecule has 0 unspecified atom stereocenters. The number of hydrogen-bond acceptors (Lipinski definition) is 3. The van der Waals surface area contributed by atoms with Gasteiger partial charge >= 0.3 is 0 Å². The summed E-state index contributed by atoms with van der Waals surface area (Å²) in [5.74, 6) is -2.21. The van der Waals surface area contributed by atoms with Crippen molar-refractivity contribution < 1.29 is 13.6 Å². The molecule has 3 rings (SSSR count). The van der Waals surface area contributed by atoms with E-state index in [4.69, 9.17) is 5.73 Å². The molecule has 1 fully saturated rings. The van der Waals surface area contributed by atoms with Gasteiger partial charge in [0.1, 0.15) is 0 Å². The average molecular weight is 368 g/mol. The SMILES string of the molecule is Cl.Nc1cccc(CN2CCN(C(=O)c3ccc(F)c(F)c3)CC2)c1. The third-order valence-electron chi connectivity index (χ3n) is 4.18. The molecule has 2 aromatic rings. The largest absolute Gasteiger partial charge is 0.399 e. The van der Waals surface area contributed by atoms with Gasteiger partial charge in [-0.2, -0.15) is 0 Å². The fourth-order valence-corrected chi connectivity index (χ4v) is 2.87. The Morgan fingerprint density at radius 1 is 1.00 bits per heavy atom. The normalized spacial score (nSPS) is 14.9. The number of halogens is 3. The maximum atomic E-state index is 13.3. The Kier molecular flexibility index (Phi) is 6.33. The maximum absolute atomic E-state index is 13.3. The molecule has 1 amide bonds. The predicted molar refractivity (Wildman–Crippen MR) is 95.6 cm³/mol. The van der Waals surface area contributed by atoms with E-state index in [0.717, 1.165) is 43.0 Å². The van der Waals surface area contributed by atoms with Crippen LogP contribution in [-0.4, -0.2) is 41.9 Å². The minimum Gasteiger partial charge on any atom is -0.399 e. The molecular formula is C18H20ClF2N3O. The molecule has 1 saturated heterocycles. The van der Waals surface area contributed by atoms with Crippen LogP contribution in [0.3, 0.4) is 0 Å². The molecule has 0 aliphatic carbocycles. The summed E-state index contributed by atoms with van der Waals surface area (Å²) in [4.78, 5) is 16.3. The van der Waals surface area contributed by atoms with Gasteiger partial charge in [-0.05, 0) is 35.9 Å². The zero-order valence-corrected chi connectivity index (χ0v) is 14.4. The van der Waals surface area contributed by atoms with Crippen LogP contribution in [0, 0.1) is 11.6 Å². The Labute approximate surface area is 151 Å². The van der Waals surface area contributed by atoms with E-state index >= 15 is 0 Å². The lowest BCUT2D eigenvalue weighted by Gasteiger charge is -2.34. The number of anilines is 1. The van der Waals surface area contributed by atoms with E-state index < -0.39 is 11.6 Å². The maximum Gasteiger partial charge on any atom is 0.254 e. The average Bonchev–Trinajstić information content (AvgIpc) is 2.57. The number of piperazine rings is 1. The molecule has 1 aliphatic heterocycles. The van der Waals surface area contributed by atoms with Crippen molar-refractivity contribution in [2.75, 3.05) is 31.9 Å². The van der Waals surface area contributed by atoms with Crippen molar-refractivity contribution in [1.82, 2.24) is 9.80 Å². The highest BCUT2D eigenvalue weighted by Gasteiger charge is 2.22. The molecule has 7 heteroatoms. The number of carbonyl (C=O) groups is 1. The lowest BCUT2D eigenvalue weighted by Crippen LogP contribution is -2.48. The molecule has 1 aliphatic rings. The van der Waals surface area contributed by atoms with Crippen LogP contribution in [0.25, 0.3) is 0 Å². The lowest BCUT2D eigenvalue weighted by molar-refractivity contribution is 0.0628.